The van der Waals surface area contributed by atoms with Crippen LogP contribution in [-0.2, 0) is 0 Å². The zero-order chi connectivity index (χ0) is 5.11. The lowest BCUT2D eigenvalue weighted by molar-refractivity contribution is 1.39. The molecule has 0 fully saturated rings. The number of rotatable bonds is 0. The van der Waals surface area contributed by atoms with Crippen LogP contribution in [0.3, 0.4) is 0 Å². The molecule has 0 saturated carbocycles. The van der Waals surface area contributed by atoms with Crippen LogP contribution >= 0.6 is 11.8 Å². The van der Waals surface area contributed by atoms with Gasteiger partial charge in [0.05, 0.1) is 5.04 Å². The Morgan fingerprint density at radius 1 is 1.57 bits per heavy atom. The summed E-state index contributed by atoms with van der Waals surface area (Å²) in [6.07, 6.45) is 4.99. The highest BCUT2D eigenvalue weighted by Crippen LogP contribution is 2.11. The molecule has 1 heterocycles. The van der Waals surface area contributed by atoms with E-state index in [1.807, 2.05) is 6.08 Å². The Hall–Kier alpha value is -0.240. The Balaban J connectivity index is 2.47. The van der Waals surface area contributed by atoms with Gasteiger partial charge in [-0.25, -0.2) is 0 Å². The molecular weight excluding hydrogens is 106 g/mol. The molecular formula is C5H7NS. The summed E-state index contributed by atoms with van der Waals surface area (Å²) < 4.78 is 0. The lowest BCUT2D eigenvalue weighted by atomic mass is 10.4. The summed E-state index contributed by atoms with van der Waals surface area (Å²) in [7, 11) is 0. The monoisotopic (exact) mass is 113 g/mol. The highest BCUT2D eigenvalue weighted by Gasteiger charge is 1.96. The molecule has 1 aliphatic heterocycles. The molecule has 0 spiro atoms. The first-order chi connectivity index (χ1) is 3.39. The normalized spacial score (nSPS) is 20.3. The first-order valence-electron chi connectivity index (χ1n) is 2.25. The number of allylic oxidation sites excluding steroid dienone is 1. The van der Waals surface area contributed by atoms with Crippen molar-refractivity contribution in [1.82, 2.24) is 0 Å². The van der Waals surface area contributed by atoms with E-state index in [-0.39, 0.29) is 0 Å². The van der Waals surface area contributed by atoms with E-state index in [1.54, 1.807) is 11.8 Å². The summed E-state index contributed by atoms with van der Waals surface area (Å²) in [4.78, 5) is 0. The lowest BCUT2D eigenvalue weighted by Gasteiger charge is -2.00. The summed E-state index contributed by atoms with van der Waals surface area (Å²) in [6, 6.07) is 0. The quantitative estimate of drug-likeness (QED) is 0.474. The molecule has 0 amide bonds. The second-order valence-corrected chi connectivity index (χ2v) is 2.52. The van der Waals surface area contributed by atoms with Crippen LogP contribution in [0.5, 0.6) is 0 Å². The maximum Gasteiger partial charge on any atom is 0.0682 e. The SMILES string of the molecule is N=C1CC=CCS1. The summed E-state index contributed by atoms with van der Waals surface area (Å²) in [5, 5.41) is 7.89. The molecule has 2 heteroatoms. The Labute approximate surface area is 47.3 Å². The van der Waals surface area contributed by atoms with Gasteiger partial charge in [-0.3, -0.25) is 5.41 Å². The first kappa shape index (κ1) is 4.91. The molecule has 0 aromatic rings. The van der Waals surface area contributed by atoms with Crippen molar-refractivity contribution in [2.75, 3.05) is 5.75 Å². The minimum absolute atomic E-state index is 0.794. The van der Waals surface area contributed by atoms with Crippen LogP contribution in [0.2, 0.25) is 0 Å². The van der Waals surface area contributed by atoms with Gasteiger partial charge in [0.15, 0.2) is 0 Å². The second-order valence-electron chi connectivity index (χ2n) is 1.41. The molecule has 0 saturated heterocycles. The van der Waals surface area contributed by atoms with E-state index in [4.69, 9.17) is 5.41 Å². The van der Waals surface area contributed by atoms with E-state index in [9.17, 15) is 0 Å². The molecule has 1 nitrogen and oxygen atoms in total. The average molecular weight is 113 g/mol. The van der Waals surface area contributed by atoms with Crippen LogP contribution in [0.25, 0.3) is 0 Å². The smallest absolute Gasteiger partial charge is 0.0682 e. The predicted molar refractivity (Wildman–Crippen MR) is 33.9 cm³/mol. The summed E-state index contributed by atoms with van der Waals surface area (Å²) in [6.45, 7) is 0. The molecule has 0 unspecified atom stereocenters. The van der Waals surface area contributed by atoms with Gasteiger partial charge in [-0.1, -0.05) is 12.2 Å². The summed E-state index contributed by atoms with van der Waals surface area (Å²) in [5.74, 6) is 0.999. The fourth-order valence-corrected chi connectivity index (χ4v) is 1.11. The van der Waals surface area contributed by atoms with Gasteiger partial charge in [-0.05, 0) is 0 Å². The van der Waals surface area contributed by atoms with Crippen molar-refractivity contribution in [2.45, 2.75) is 6.42 Å². The highest BCUT2D eigenvalue weighted by molar-refractivity contribution is 8.14. The molecule has 0 aromatic carbocycles. The van der Waals surface area contributed by atoms with Gasteiger partial charge in [0.2, 0.25) is 0 Å². The maximum absolute atomic E-state index is 7.10. The van der Waals surface area contributed by atoms with Gasteiger partial charge in [0, 0.05) is 12.2 Å². The Morgan fingerprint density at radius 2 is 2.43 bits per heavy atom. The van der Waals surface area contributed by atoms with E-state index in [0.717, 1.165) is 17.2 Å². The van der Waals surface area contributed by atoms with Crippen LogP contribution in [0.1, 0.15) is 6.42 Å². The number of thioether (sulfide) groups is 1. The predicted octanol–water partition coefficient (Wildman–Crippen LogP) is 1.66. The van der Waals surface area contributed by atoms with Crippen LogP contribution < -0.4 is 0 Å². The van der Waals surface area contributed by atoms with E-state index >= 15 is 0 Å². The molecule has 1 N–H and O–H groups in total. The largest absolute Gasteiger partial charge is 0.298 e. The topological polar surface area (TPSA) is 23.9 Å². The third-order valence-corrected chi connectivity index (χ3v) is 1.70. The van der Waals surface area contributed by atoms with Gasteiger partial charge >= 0.3 is 0 Å². The summed E-state index contributed by atoms with van der Waals surface area (Å²) >= 11 is 1.61. The number of hydrogen-bond donors (Lipinski definition) is 1. The van der Waals surface area contributed by atoms with Crippen molar-refractivity contribution >= 4 is 16.8 Å². The van der Waals surface area contributed by atoms with Crippen LogP contribution in [-0.4, -0.2) is 10.8 Å². The van der Waals surface area contributed by atoms with Crippen molar-refractivity contribution in [3.8, 4) is 0 Å². The molecule has 0 aliphatic carbocycles. The summed E-state index contributed by atoms with van der Waals surface area (Å²) in [5.41, 5.74) is 0. The average Bonchev–Trinajstić information content (AvgIpc) is 1.69. The lowest BCUT2D eigenvalue weighted by Crippen LogP contribution is -1.92. The van der Waals surface area contributed by atoms with E-state index in [2.05, 4.69) is 6.08 Å². The Kier molecular flexibility index (Phi) is 1.52. The van der Waals surface area contributed by atoms with Gasteiger partial charge in [0.1, 0.15) is 0 Å². The Bertz CT molecular complexity index is 107. The number of hydrogen-bond acceptors (Lipinski definition) is 2. The Morgan fingerprint density at radius 3 is 2.71 bits per heavy atom. The minimum Gasteiger partial charge on any atom is -0.298 e. The maximum atomic E-state index is 7.10. The van der Waals surface area contributed by atoms with Gasteiger partial charge in [0.25, 0.3) is 0 Å². The van der Waals surface area contributed by atoms with E-state index < -0.39 is 0 Å². The molecule has 0 aromatic heterocycles. The van der Waals surface area contributed by atoms with Gasteiger partial charge in [-0.2, -0.15) is 0 Å². The molecule has 7 heavy (non-hydrogen) atoms. The molecule has 0 radical (unpaired) electrons. The van der Waals surface area contributed by atoms with Crippen molar-refractivity contribution < 1.29 is 0 Å². The van der Waals surface area contributed by atoms with Crippen LogP contribution in [0, 0.1) is 5.41 Å². The van der Waals surface area contributed by atoms with Gasteiger partial charge < -0.3 is 0 Å². The highest BCUT2D eigenvalue weighted by atomic mass is 32.2. The molecule has 1 rings (SSSR count). The van der Waals surface area contributed by atoms with Crippen molar-refractivity contribution in [3.63, 3.8) is 0 Å². The standard InChI is InChI=1S/C5H7NS/c6-5-3-1-2-4-7-5/h1-2,6H,3-4H2. The number of nitrogens with one attached hydrogen (secondary N) is 1. The van der Waals surface area contributed by atoms with Crippen LogP contribution in [0.4, 0.5) is 0 Å². The zero-order valence-electron chi connectivity index (χ0n) is 3.98. The molecule has 0 atom stereocenters. The zero-order valence-corrected chi connectivity index (χ0v) is 4.79. The third-order valence-electron chi connectivity index (χ3n) is 0.824. The fourth-order valence-electron chi connectivity index (χ4n) is 0.466. The van der Waals surface area contributed by atoms with Crippen molar-refractivity contribution in [1.29, 1.82) is 5.41 Å². The van der Waals surface area contributed by atoms with E-state index in [0.29, 0.717) is 0 Å². The first-order valence-corrected chi connectivity index (χ1v) is 3.23. The molecule has 38 valence electrons. The van der Waals surface area contributed by atoms with Crippen molar-refractivity contribution in [2.24, 2.45) is 0 Å². The fraction of sp³-hybridized carbons (Fsp3) is 0.400. The third kappa shape index (κ3) is 1.35. The minimum atomic E-state index is 0.794. The second kappa shape index (κ2) is 2.17. The van der Waals surface area contributed by atoms with Crippen molar-refractivity contribution in [3.05, 3.63) is 12.2 Å². The van der Waals surface area contributed by atoms with Crippen LogP contribution in [0.15, 0.2) is 12.2 Å². The van der Waals surface area contributed by atoms with E-state index in [1.165, 1.54) is 0 Å². The molecule has 1 aliphatic rings. The van der Waals surface area contributed by atoms with Gasteiger partial charge in [-0.15, -0.1) is 11.8 Å². The molecule has 0 bridgehead atoms.